The molecule has 0 aromatic heterocycles. The number of amides is 2. The maximum atomic E-state index is 13.7. The summed E-state index contributed by atoms with van der Waals surface area (Å²) in [6.45, 7) is 6.84. The normalized spacial score (nSPS) is 12.3. The number of halogens is 2. The van der Waals surface area contributed by atoms with Gasteiger partial charge in [0, 0.05) is 28.2 Å². The van der Waals surface area contributed by atoms with Crippen LogP contribution in [0.1, 0.15) is 45.2 Å². The highest BCUT2D eigenvalue weighted by atomic mass is 35.5. The van der Waals surface area contributed by atoms with Gasteiger partial charge >= 0.3 is 0 Å². The Labute approximate surface area is 218 Å². The van der Waals surface area contributed by atoms with Crippen LogP contribution in [0.15, 0.2) is 42.5 Å². The number of para-hydroxylation sites is 1. The van der Waals surface area contributed by atoms with E-state index >= 15 is 0 Å². The van der Waals surface area contributed by atoms with E-state index in [9.17, 15) is 18.0 Å². The molecule has 10 heteroatoms. The third-order valence-electron chi connectivity index (χ3n) is 5.53. The van der Waals surface area contributed by atoms with Crippen LogP contribution in [-0.4, -0.2) is 50.0 Å². The summed E-state index contributed by atoms with van der Waals surface area (Å²) in [5, 5.41) is 3.55. The predicted molar refractivity (Wildman–Crippen MR) is 142 cm³/mol. The third-order valence-corrected chi connectivity index (χ3v) is 7.36. The Morgan fingerprint density at radius 3 is 2.11 bits per heavy atom. The SMILES string of the molecule is CCc1ccccc1N(CC(=O)N(Cc1c(Cl)cccc1Cl)[C@@H](CC)C(=O)NC(C)C)S(C)(=O)=O. The lowest BCUT2D eigenvalue weighted by Gasteiger charge is -2.34. The number of carbonyl (C=O) groups is 2. The van der Waals surface area contributed by atoms with Crippen LogP contribution in [-0.2, 0) is 32.6 Å². The van der Waals surface area contributed by atoms with Crippen molar-refractivity contribution in [1.29, 1.82) is 0 Å². The number of aryl methyl sites for hydroxylation is 1. The van der Waals surface area contributed by atoms with Gasteiger partial charge in [0.25, 0.3) is 0 Å². The van der Waals surface area contributed by atoms with Crippen LogP contribution in [0.4, 0.5) is 5.69 Å². The number of nitrogens with zero attached hydrogens (tertiary/aromatic N) is 2. The monoisotopic (exact) mass is 541 g/mol. The third kappa shape index (κ3) is 7.59. The summed E-state index contributed by atoms with van der Waals surface area (Å²) in [6.07, 6.45) is 1.96. The highest BCUT2D eigenvalue weighted by Crippen LogP contribution is 2.28. The van der Waals surface area contributed by atoms with E-state index in [1.54, 1.807) is 37.3 Å². The van der Waals surface area contributed by atoms with Gasteiger partial charge in [0.15, 0.2) is 0 Å². The van der Waals surface area contributed by atoms with E-state index in [0.29, 0.717) is 34.1 Å². The van der Waals surface area contributed by atoms with Gasteiger partial charge in [-0.05, 0) is 50.5 Å². The highest BCUT2D eigenvalue weighted by Gasteiger charge is 2.33. The minimum atomic E-state index is -3.81. The molecular weight excluding hydrogens is 509 g/mol. The Balaban J connectivity index is 2.54. The van der Waals surface area contributed by atoms with E-state index in [2.05, 4.69) is 5.32 Å². The fourth-order valence-corrected chi connectivity index (χ4v) is 5.20. The van der Waals surface area contributed by atoms with E-state index in [1.165, 1.54) is 4.90 Å². The molecule has 0 heterocycles. The number of sulfonamides is 1. The summed E-state index contributed by atoms with van der Waals surface area (Å²) >= 11 is 12.7. The lowest BCUT2D eigenvalue weighted by atomic mass is 10.1. The second-order valence-corrected chi connectivity index (χ2v) is 11.3. The van der Waals surface area contributed by atoms with Crippen molar-refractivity contribution in [2.45, 2.75) is 59.2 Å². The van der Waals surface area contributed by atoms with Crippen LogP contribution in [0.25, 0.3) is 0 Å². The molecule has 2 aromatic carbocycles. The van der Waals surface area contributed by atoms with Crippen molar-refractivity contribution in [2.24, 2.45) is 0 Å². The molecule has 0 aliphatic rings. The van der Waals surface area contributed by atoms with Crippen molar-refractivity contribution in [2.75, 3.05) is 17.1 Å². The largest absolute Gasteiger partial charge is 0.352 e. The molecule has 0 bridgehead atoms. The molecule has 192 valence electrons. The van der Waals surface area contributed by atoms with Gasteiger partial charge < -0.3 is 10.2 Å². The molecule has 2 amide bonds. The number of benzene rings is 2. The first kappa shape index (κ1) is 28.9. The zero-order chi connectivity index (χ0) is 26.3. The first-order valence-electron chi connectivity index (χ1n) is 11.5. The van der Waals surface area contributed by atoms with Crippen molar-refractivity contribution in [3.63, 3.8) is 0 Å². The zero-order valence-electron chi connectivity index (χ0n) is 20.7. The van der Waals surface area contributed by atoms with Crippen LogP contribution >= 0.6 is 23.2 Å². The van der Waals surface area contributed by atoms with Crippen LogP contribution in [0.3, 0.4) is 0 Å². The van der Waals surface area contributed by atoms with Crippen LogP contribution < -0.4 is 9.62 Å². The van der Waals surface area contributed by atoms with Gasteiger partial charge in [0.2, 0.25) is 21.8 Å². The lowest BCUT2D eigenvalue weighted by molar-refractivity contribution is -0.140. The lowest BCUT2D eigenvalue weighted by Crippen LogP contribution is -2.53. The minimum Gasteiger partial charge on any atom is -0.352 e. The molecule has 2 aromatic rings. The van der Waals surface area contributed by atoms with E-state index < -0.39 is 28.5 Å². The number of hydrogen-bond donors (Lipinski definition) is 1. The molecule has 0 fully saturated rings. The minimum absolute atomic E-state index is 0.0472. The number of nitrogens with one attached hydrogen (secondary N) is 1. The van der Waals surface area contributed by atoms with Crippen molar-refractivity contribution < 1.29 is 18.0 Å². The number of anilines is 1. The fourth-order valence-electron chi connectivity index (χ4n) is 3.80. The summed E-state index contributed by atoms with van der Waals surface area (Å²) in [7, 11) is -3.81. The standard InChI is InChI=1S/C25H33Cl2N3O4S/c1-6-18-11-8-9-14-23(18)30(35(5,33)34)16-24(31)29(22(7-2)25(32)28-17(3)4)15-19-20(26)12-10-13-21(19)27/h8-14,17,22H,6-7,15-16H2,1-5H3,(H,28,32)/t22-/m0/s1. The Morgan fingerprint density at radius 1 is 1.00 bits per heavy atom. The Kier molecular flexibility index (Phi) is 10.4. The van der Waals surface area contributed by atoms with Crippen molar-refractivity contribution >= 4 is 50.7 Å². The maximum Gasteiger partial charge on any atom is 0.244 e. The fraction of sp³-hybridized carbons (Fsp3) is 0.440. The number of carbonyl (C=O) groups excluding carboxylic acids is 2. The molecule has 0 unspecified atom stereocenters. The first-order chi connectivity index (χ1) is 16.4. The molecule has 1 N–H and O–H groups in total. The summed E-state index contributed by atoms with van der Waals surface area (Å²) in [6, 6.07) is 11.1. The zero-order valence-corrected chi connectivity index (χ0v) is 23.0. The van der Waals surface area contributed by atoms with Crippen LogP contribution in [0.2, 0.25) is 10.0 Å². The Hall–Kier alpha value is -2.29. The van der Waals surface area contributed by atoms with Gasteiger partial charge in [0.1, 0.15) is 12.6 Å². The summed E-state index contributed by atoms with van der Waals surface area (Å²) in [5.41, 5.74) is 1.71. The molecule has 0 aliphatic carbocycles. The van der Waals surface area contributed by atoms with Gasteiger partial charge in [-0.15, -0.1) is 0 Å². The average molecular weight is 543 g/mol. The van der Waals surface area contributed by atoms with Gasteiger partial charge in [-0.25, -0.2) is 8.42 Å². The van der Waals surface area contributed by atoms with E-state index in [1.807, 2.05) is 32.9 Å². The summed E-state index contributed by atoms with van der Waals surface area (Å²) in [4.78, 5) is 28.1. The first-order valence-corrected chi connectivity index (χ1v) is 14.1. The second kappa shape index (κ2) is 12.6. The molecule has 0 radical (unpaired) electrons. The quantitative estimate of drug-likeness (QED) is 0.448. The van der Waals surface area contributed by atoms with E-state index in [4.69, 9.17) is 23.2 Å². The summed E-state index contributed by atoms with van der Waals surface area (Å²) < 4.78 is 26.6. The molecule has 2 rings (SSSR count). The predicted octanol–water partition coefficient (Wildman–Crippen LogP) is 4.65. The number of hydrogen-bond acceptors (Lipinski definition) is 4. The van der Waals surface area contributed by atoms with E-state index in [-0.39, 0.29) is 18.5 Å². The Morgan fingerprint density at radius 2 is 1.60 bits per heavy atom. The number of rotatable bonds is 11. The van der Waals surface area contributed by atoms with Crippen molar-refractivity contribution in [1.82, 2.24) is 10.2 Å². The average Bonchev–Trinajstić information content (AvgIpc) is 2.77. The topological polar surface area (TPSA) is 86.8 Å². The molecule has 35 heavy (non-hydrogen) atoms. The second-order valence-electron chi connectivity index (χ2n) is 8.56. The molecule has 0 spiro atoms. The molecule has 0 saturated heterocycles. The molecule has 7 nitrogen and oxygen atoms in total. The summed E-state index contributed by atoms with van der Waals surface area (Å²) in [5.74, 6) is -0.873. The van der Waals surface area contributed by atoms with Gasteiger partial charge in [-0.1, -0.05) is 61.3 Å². The van der Waals surface area contributed by atoms with Crippen LogP contribution in [0, 0.1) is 0 Å². The van der Waals surface area contributed by atoms with Crippen molar-refractivity contribution in [3.8, 4) is 0 Å². The Bertz CT molecular complexity index is 1130. The molecular formula is C25H33Cl2N3O4S. The van der Waals surface area contributed by atoms with Crippen LogP contribution in [0.5, 0.6) is 0 Å². The van der Waals surface area contributed by atoms with Gasteiger partial charge in [-0.3, -0.25) is 13.9 Å². The van der Waals surface area contributed by atoms with E-state index in [0.717, 1.165) is 16.1 Å². The highest BCUT2D eigenvalue weighted by molar-refractivity contribution is 7.92. The molecule has 1 atom stereocenters. The molecule has 0 aliphatic heterocycles. The smallest absolute Gasteiger partial charge is 0.244 e. The van der Waals surface area contributed by atoms with Gasteiger partial charge in [-0.2, -0.15) is 0 Å². The van der Waals surface area contributed by atoms with Gasteiger partial charge in [0.05, 0.1) is 11.9 Å². The molecule has 0 saturated carbocycles. The maximum absolute atomic E-state index is 13.7. The van der Waals surface area contributed by atoms with Crippen molar-refractivity contribution in [3.05, 3.63) is 63.6 Å².